The van der Waals surface area contributed by atoms with E-state index in [1.54, 1.807) is 23.2 Å². The number of nitrogens with zero attached hydrogens (tertiary/aromatic N) is 2. The molecule has 0 fully saturated rings. The SMILES string of the molecule is O=C1C=CC2=NC=CC3c4cccc(O)c4N1C23. The number of benzene rings is 1. The van der Waals surface area contributed by atoms with Crippen LogP contribution in [0.15, 0.2) is 47.6 Å². The first-order valence-corrected chi connectivity index (χ1v) is 5.85. The third kappa shape index (κ3) is 1.00. The van der Waals surface area contributed by atoms with Crippen LogP contribution in [-0.2, 0) is 4.79 Å². The number of hydrogen-bond donors (Lipinski definition) is 1. The predicted molar refractivity (Wildman–Crippen MR) is 67.8 cm³/mol. The minimum atomic E-state index is -0.101. The van der Waals surface area contributed by atoms with Crippen LogP contribution in [0.25, 0.3) is 0 Å². The van der Waals surface area contributed by atoms with Crippen LogP contribution in [0.1, 0.15) is 11.5 Å². The summed E-state index contributed by atoms with van der Waals surface area (Å²) in [5.41, 5.74) is 2.49. The molecule has 0 aliphatic carbocycles. The van der Waals surface area contributed by atoms with E-state index in [1.807, 2.05) is 18.2 Å². The largest absolute Gasteiger partial charge is 0.506 e. The van der Waals surface area contributed by atoms with Crippen LogP contribution >= 0.6 is 0 Å². The number of anilines is 1. The topological polar surface area (TPSA) is 52.9 Å². The maximum absolute atomic E-state index is 12.1. The molecule has 4 rings (SSSR count). The lowest BCUT2D eigenvalue weighted by atomic mass is 9.89. The maximum atomic E-state index is 12.1. The number of hydrogen-bond acceptors (Lipinski definition) is 3. The van der Waals surface area contributed by atoms with Crippen molar-refractivity contribution >= 4 is 17.3 Å². The molecule has 18 heavy (non-hydrogen) atoms. The van der Waals surface area contributed by atoms with Gasteiger partial charge in [0.25, 0.3) is 5.91 Å². The zero-order valence-electron chi connectivity index (χ0n) is 9.45. The Kier molecular flexibility index (Phi) is 1.66. The molecule has 4 heteroatoms. The fourth-order valence-corrected chi connectivity index (χ4v) is 3.00. The summed E-state index contributed by atoms with van der Waals surface area (Å²) in [7, 11) is 0. The van der Waals surface area contributed by atoms with Crippen LogP contribution in [0.3, 0.4) is 0 Å². The van der Waals surface area contributed by atoms with E-state index in [0.717, 1.165) is 11.3 Å². The summed E-state index contributed by atoms with van der Waals surface area (Å²) in [6, 6.07) is 5.28. The number of fused-ring (bicyclic) bond motifs is 3. The molecular formula is C14H10N2O2. The molecule has 0 saturated carbocycles. The number of rotatable bonds is 0. The summed E-state index contributed by atoms with van der Waals surface area (Å²) in [6.45, 7) is 0. The van der Waals surface area contributed by atoms with Gasteiger partial charge in [0.2, 0.25) is 0 Å². The molecule has 2 atom stereocenters. The summed E-state index contributed by atoms with van der Waals surface area (Å²) in [5.74, 6) is 0.145. The van der Waals surface area contributed by atoms with Crippen molar-refractivity contribution in [3.63, 3.8) is 0 Å². The number of aromatic hydroxyl groups is 1. The molecule has 3 heterocycles. The average Bonchev–Trinajstić information content (AvgIpc) is 2.73. The van der Waals surface area contributed by atoms with Gasteiger partial charge in [-0.3, -0.25) is 14.7 Å². The molecule has 0 saturated heterocycles. The molecule has 0 aromatic heterocycles. The van der Waals surface area contributed by atoms with Crippen LogP contribution < -0.4 is 4.90 Å². The van der Waals surface area contributed by atoms with Gasteiger partial charge >= 0.3 is 0 Å². The zero-order chi connectivity index (χ0) is 12.3. The van der Waals surface area contributed by atoms with Crippen molar-refractivity contribution in [3.05, 3.63) is 48.2 Å². The summed E-state index contributed by atoms with van der Waals surface area (Å²) < 4.78 is 0. The lowest BCUT2D eigenvalue weighted by Gasteiger charge is -2.31. The van der Waals surface area contributed by atoms with Crippen molar-refractivity contribution in [1.82, 2.24) is 0 Å². The first kappa shape index (κ1) is 9.65. The van der Waals surface area contributed by atoms with Gasteiger partial charge in [0.1, 0.15) is 5.75 Å². The highest BCUT2D eigenvalue weighted by Gasteiger charge is 2.46. The number of aliphatic imine (C=N–C) groups is 1. The molecule has 0 bridgehead atoms. The molecule has 0 spiro atoms. The first-order valence-electron chi connectivity index (χ1n) is 5.85. The lowest BCUT2D eigenvalue weighted by molar-refractivity contribution is -0.114. The van der Waals surface area contributed by atoms with Crippen LogP contribution in [0.4, 0.5) is 5.69 Å². The van der Waals surface area contributed by atoms with Gasteiger partial charge in [0.15, 0.2) is 0 Å². The Bertz CT molecular complexity index is 658. The van der Waals surface area contributed by atoms with Crippen molar-refractivity contribution < 1.29 is 9.90 Å². The molecule has 1 aromatic rings. The number of carbonyl (C=O) groups is 1. The number of amides is 1. The molecule has 0 radical (unpaired) electrons. The molecule has 88 valence electrons. The quantitative estimate of drug-likeness (QED) is 0.748. The molecule has 4 nitrogen and oxygen atoms in total. The van der Waals surface area contributed by atoms with E-state index in [2.05, 4.69) is 4.99 Å². The van der Waals surface area contributed by atoms with E-state index in [-0.39, 0.29) is 23.6 Å². The van der Waals surface area contributed by atoms with Gasteiger partial charge in [-0.2, -0.15) is 0 Å². The van der Waals surface area contributed by atoms with E-state index >= 15 is 0 Å². The Morgan fingerprint density at radius 2 is 2.17 bits per heavy atom. The van der Waals surface area contributed by atoms with Crippen LogP contribution in [-0.4, -0.2) is 22.8 Å². The summed E-state index contributed by atoms with van der Waals surface area (Å²) in [5, 5.41) is 10.0. The summed E-state index contributed by atoms with van der Waals surface area (Å²) >= 11 is 0. The number of phenols is 1. The molecule has 2 unspecified atom stereocenters. The van der Waals surface area contributed by atoms with E-state index in [0.29, 0.717) is 5.69 Å². The Balaban J connectivity index is 2.04. The van der Waals surface area contributed by atoms with Crippen LogP contribution in [0.5, 0.6) is 5.75 Å². The monoisotopic (exact) mass is 238 g/mol. The number of phenolic OH excluding ortho intramolecular Hbond substituents is 1. The Labute approximate surface area is 104 Å². The lowest BCUT2D eigenvalue weighted by Crippen LogP contribution is -2.46. The predicted octanol–water partition coefficient (Wildman–Crippen LogP) is 1.73. The van der Waals surface area contributed by atoms with E-state index < -0.39 is 0 Å². The van der Waals surface area contributed by atoms with Gasteiger partial charge in [-0.1, -0.05) is 18.2 Å². The van der Waals surface area contributed by atoms with Gasteiger partial charge in [-0.15, -0.1) is 0 Å². The fraction of sp³-hybridized carbons (Fsp3) is 0.143. The van der Waals surface area contributed by atoms with Gasteiger partial charge < -0.3 is 5.11 Å². The van der Waals surface area contributed by atoms with Gasteiger partial charge in [-0.25, -0.2) is 0 Å². The van der Waals surface area contributed by atoms with E-state index in [1.165, 1.54) is 6.08 Å². The first-order chi connectivity index (χ1) is 8.77. The van der Waals surface area contributed by atoms with Crippen molar-refractivity contribution in [2.45, 2.75) is 12.0 Å². The van der Waals surface area contributed by atoms with Gasteiger partial charge in [-0.05, 0) is 17.7 Å². The van der Waals surface area contributed by atoms with Crippen molar-refractivity contribution in [2.75, 3.05) is 4.90 Å². The van der Waals surface area contributed by atoms with Crippen LogP contribution in [0.2, 0.25) is 0 Å². The second-order valence-electron chi connectivity index (χ2n) is 4.62. The minimum absolute atomic E-state index is 0.0912. The molecule has 1 aromatic carbocycles. The molecular weight excluding hydrogens is 228 g/mol. The second kappa shape index (κ2) is 3.10. The van der Waals surface area contributed by atoms with E-state index in [9.17, 15) is 9.90 Å². The average molecular weight is 238 g/mol. The van der Waals surface area contributed by atoms with Crippen LogP contribution in [0, 0.1) is 0 Å². The Hall–Kier alpha value is -2.36. The van der Waals surface area contributed by atoms with Crippen molar-refractivity contribution in [1.29, 1.82) is 0 Å². The van der Waals surface area contributed by atoms with Crippen molar-refractivity contribution in [3.8, 4) is 5.75 Å². The highest BCUT2D eigenvalue weighted by Crippen LogP contribution is 2.49. The third-order valence-corrected chi connectivity index (χ3v) is 3.72. The number of para-hydroxylation sites is 1. The van der Waals surface area contributed by atoms with Crippen molar-refractivity contribution in [2.24, 2.45) is 4.99 Å². The third-order valence-electron chi connectivity index (χ3n) is 3.72. The summed E-state index contributed by atoms with van der Waals surface area (Å²) in [4.78, 5) is 18.0. The maximum Gasteiger partial charge on any atom is 0.251 e. The Morgan fingerprint density at radius 3 is 3.06 bits per heavy atom. The highest BCUT2D eigenvalue weighted by atomic mass is 16.3. The van der Waals surface area contributed by atoms with Gasteiger partial charge in [0, 0.05) is 18.2 Å². The number of carbonyl (C=O) groups excluding carboxylic acids is 1. The molecule has 3 aliphatic rings. The standard InChI is InChI=1S/C14H10N2O2/c17-11-3-1-2-8-9-6-7-15-10-4-5-12(18)16(13(9)10)14(8)11/h1-7,9,13,17H. The van der Waals surface area contributed by atoms with E-state index in [4.69, 9.17) is 0 Å². The van der Waals surface area contributed by atoms with Gasteiger partial charge in [0.05, 0.1) is 17.4 Å². The Morgan fingerprint density at radius 1 is 1.28 bits per heavy atom. The fourth-order valence-electron chi connectivity index (χ4n) is 3.00. The zero-order valence-corrected chi connectivity index (χ0v) is 9.45. The molecule has 3 aliphatic heterocycles. The highest BCUT2D eigenvalue weighted by molar-refractivity contribution is 6.20. The smallest absolute Gasteiger partial charge is 0.251 e. The molecule has 1 N–H and O–H groups in total. The molecule has 1 amide bonds. The minimum Gasteiger partial charge on any atom is -0.506 e. The normalized spacial score (nSPS) is 27.0. The second-order valence-corrected chi connectivity index (χ2v) is 4.62. The summed E-state index contributed by atoms with van der Waals surface area (Å²) in [6.07, 6.45) is 7.03.